The Hall–Kier alpha value is -4.83. The summed E-state index contributed by atoms with van der Waals surface area (Å²) in [6, 6.07) is 4.94. The van der Waals surface area contributed by atoms with Crippen LogP contribution in [0.25, 0.3) is 0 Å². The van der Waals surface area contributed by atoms with Crippen molar-refractivity contribution in [2.45, 2.75) is 109 Å². The summed E-state index contributed by atoms with van der Waals surface area (Å²) in [4.78, 5) is 90.6. The summed E-state index contributed by atoms with van der Waals surface area (Å²) in [5.41, 5.74) is -2.26. The molecule has 1 aromatic rings. The largest absolute Gasteiger partial charge is 0.514 e. The van der Waals surface area contributed by atoms with Gasteiger partial charge in [0, 0.05) is 36.5 Å². The molecule has 0 aromatic heterocycles. The molecule has 0 aliphatic heterocycles. The Morgan fingerprint density at radius 2 is 1.76 bits per heavy atom. The first-order valence-corrected chi connectivity index (χ1v) is 19.9. The Labute approximate surface area is 341 Å². The minimum Gasteiger partial charge on any atom is -0.464 e. The van der Waals surface area contributed by atoms with Crippen LogP contribution in [0.5, 0.6) is 5.75 Å². The summed E-state index contributed by atoms with van der Waals surface area (Å²) in [5, 5.41) is 23.9. The summed E-state index contributed by atoms with van der Waals surface area (Å²) >= 11 is 7.57. The van der Waals surface area contributed by atoms with Crippen molar-refractivity contribution in [2.75, 3.05) is 19.8 Å². The Bertz CT molecular complexity index is 1870. The van der Waals surface area contributed by atoms with Gasteiger partial charge in [-0.15, -0.1) is 21.7 Å². The van der Waals surface area contributed by atoms with Gasteiger partial charge in [0.05, 0.1) is 24.2 Å². The average Bonchev–Trinajstić information content (AvgIpc) is 3.38. The number of benzene rings is 1. The third kappa shape index (κ3) is 8.35. The average molecular weight is 831 g/mol. The number of fused-ring (bicyclic) bond motifs is 5. The number of Topliss-reactive ketones (excluding diaryl/α,β-unsaturated/α-hetero) is 1. The van der Waals surface area contributed by atoms with E-state index in [1.54, 1.807) is 31.2 Å². The number of allylic oxidation sites excluding steroid dienone is 4. The van der Waals surface area contributed by atoms with E-state index < -0.39 is 80.8 Å². The molecule has 1 amide bonds. The molecule has 2 N–H and O–H groups in total. The van der Waals surface area contributed by atoms with E-state index in [4.69, 9.17) is 30.5 Å². The van der Waals surface area contributed by atoms with Gasteiger partial charge in [0.15, 0.2) is 18.0 Å². The number of rotatable bonds is 16. The molecule has 316 valence electrons. The highest BCUT2D eigenvalue weighted by molar-refractivity contribution is 6.26. The Morgan fingerprint density at radius 3 is 2.41 bits per heavy atom. The number of carbonyl (C=O) groups is 6. The number of alkyl halides is 1. The van der Waals surface area contributed by atoms with Crippen molar-refractivity contribution in [2.24, 2.45) is 28.6 Å². The first kappa shape index (κ1) is 44.3. The molecule has 0 spiro atoms. The molecule has 0 radical (unpaired) electrons. The van der Waals surface area contributed by atoms with Gasteiger partial charge in [-0.2, -0.15) is 0 Å². The van der Waals surface area contributed by atoms with Gasteiger partial charge in [-0.25, -0.2) is 9.59 Å². The Balaban J connectivity index is 1.25. The highest BCUT2D eigenvalue weighted by Gasteiger charge is 2.76. The molecule has 58 heavy (non-hydrogen) atoms. The monoisotopic (exact) mass is 830 g/mol. The topological polar surface area (TPSA) is 224 Å². The van der Waals surface area contributed by atoms with Gasteiger partial charge in [-0.3, -0.25) is 19.2 Å². The molecule has 1 aromatic carbocycles. The second-order valence-electron chi connectivity index (χ2n) is 16.1. The molecule has 0 bridgehead atoms. The maximum atomic E-state index is 14.5. The highest BCUT2D eigenvalue weighted by atomic mass is 35.5. The van der Waals surface area contributed by atoms with Crippen LogP contribution in [0.2, 0.25) is 0 Å². The number of amides is 1. The van der Waals surface area contributed by atoms with Gasteiger partial charge in [0.1, 0.15) is 11.8 Å². The summed E-state index contributed by atoms with van der Waals surface area (Å²) < 4.78 is 22.1. The summed E-state index contributed by atoms with van der Waals surface area (Å²) in [7, 11) is 0. The van der Waals surface area contributed by atoms with Crippen molar-refractivity contribution in [1.82, 2.24) is 5.32 Å². The summed E-state index contributed by atoms with van der Waals surface area (Å²) in [5.74, 6) is -3.66. The predicted octanol–water partition coefficient (Wildman–Crippen LogP) is 4.93. The van der Waals surface area contributed by atoms with Crippen LogP contribution < -0.4 is 10.1 Å². The number of ether oxygens (including phenoxy) is 4. The number of hydrogen-bond donors (Lipinski definition) is 2. The molecule has 5 rings (SSSR count). The molecule has 16 nitrogen and oxygen atoms in total. The number of nitrogens with zero attached hydrogens (tertiary/aromatic N) is 1. The molecule has 17 heteroatoms. The molecule has 3 fully saturated rings. The summed E-state index contributed by atoms with van der Waals surface area (Å²) in [6.07, 6.45) is 4.68. The quantitative estimate of drug-likeness (QED) is 0.0429. The molecule has 4 aliphatic rings. The highest BCUT2D eigenvalue weighted by Crippen LogP contribution is 2.72. The third-order valence-corrected chi connectivity index (χ3v) is 13.6. The van der Waals surface area contributed by atoms with Crippen LogP contribution in [0.1, 0.15) is 85.1 Å². The Morgan fingerprint density at radius 1 is 1.07 bits per heavy atom. The molecule has 3 saturated carbocycles. The maximum Gasteiger partial charge on any atom is 0.514 e. The lowest BCUT2D eigenvalue weighted by molar-refractivity contribution is -0.757. The normalized spacial score (nSPS) is 31.3. The van der Waals surface area contributed by atoms with Crippen LogP contribution in [-0.2, 0) is 49.4 Å². The number of esters is 2. The van der Waals surface area contributed by atoms with Crippen LogP contribution in [0.15, 0.2) is 48.1 Å². The van der Waals surface area contributed by atoms with Crippen LogP contribution in [0, 0.1) is 38.7 Å². The van der Waals surface area contributed by atoms with Gasteiger partial charge in [-0.05, 0) is 80.2 Å². The Kier molecular flexibility index (Phi) is 13.4. The van der Waals surface area contributed by atoms with E-state index in [9.17, 15) is 44.0 Å². The van der Waals surface area contributed by atoms with E-state index >= 15 is 0 Å². The van der Waals surface area contributed by atoms with Gasteiger partial charge in [0.25, 0.3) is 5.09 Å². The lowest BCUT2D eigenvalue weighted by Crippen LogP contribution is -2.69. The minimum absolute atomic E-state index is 0.00807. The van der Waals surface area contributed by atoms with Crippen molar-refractivity contribution < 1.29 is 62.7 Å². The van der Waals surface area contributed by atoms with Gasteiger partial charge in [0.2, 0.25) is 11.7 Å². The number of aliphatic hydroxyl groups is 1. The molecule has 0 saturated heterocycles. The third-order valence-electron chi connectivity index (χ3n) is 12.7. The zero-order chi connectivity index (χ0) is 42.6. The number of nitrogens with one attached hydrogen (secondary N) is 1. The van der Waals surface area contributed by atoms with E-state index in [-0.39, 0.29) is 62.3 Å². The molecule has 0 heterocycles. The lowest BCUT2D eigenvalue weighted by Gasteiger charge is -2.64. The second-order valence-corrected chi connectivity index (χ2v) is 16.7. The van der Waals surface area contributed by atoms with Crippen LogP contribution in [-0.4, -0.2) is 88.2 Å². The van der Waals surface area contributed by atoms with Gasteiger partial charge in [-0.1, -0.05) is 51.5 Å². The SMILES string of the molecule is CCC(=O)O[C@]1(C(=O)COC(=O)Oc2ccc(CC(NC(C)=O)C(=O)OCCCCO[N+](=O)[O-])cc2)[C@@H](C)C[C@H]2[C@@H]3CCC4=CC(=O)C=C[C@]4(C)[C@@]3(Cl)[C@@H](O)C[C@@]21C. The number of carbonyl (C=O) groups excluding carboxylic acids is 6. The zero-order valence-electron chi connectivity index (χ0n) is 33.3. The predicted molar refractivity (Wildman–Crippen MR) is 205 cm³/mol. The van der Waals surface area contributed by atoms with Crippen molar-refractivity contribution in [1.29, 1.82) is 0 Å². The first-order valence-electron chi connectivity index (χ1n) is 19.5. The standard InChI is InChI=1S/C41H51ClN2O14/c1-6-35(49)58-41(24(2)19-31-30-14-11-27-21-28(46)15-16-38(27,4)40(30,42)33(47)22-39(31,41)5)34(48)23-55-37(51)57-29-12-9-26(10-13-29)20-32(43-25(3)45)36(50)54-17-7-8-18-56-44(52)53/h9-10,12-13,15-16,21,24,30-33,47H,6-8,11,14,17-20,22-23H2,1-5H3,(H,43,45)/t24-,30-,31-,32?,33-,38-,39-,40-,41-/m0/s1. The van der Waals surface area contributed by atoms with Crippen molar-refractivity contribution in [3.63, 3.8) is 0 Å². The lowest BCUT2D eigenvalue weighted by atomic mass is 9.45. The van der Waals surface area contributed by atoms with Gasteiger partial charge >= 0.3 is 18.1 Å². The van der Waals surface area contributed by atoms with Crippen molar-refractivity contribution in [3.8, 4) is 5.75 Å². The number of ketones is 2. The molecular formula is C41H51ClN2O14. The summed E-state index contributed by atoms with van der Waals surface area (Å²) in [6.45, 7) is 7.48. The van der Waals surface area contributed by atoms with Crippen LogP contribution in [0.3, 0.4) is 0 Å². The molecule has 4 aliphatic carbocycles. The first-order chi connectivity index (χ1) is 27.3. The molecular weight excluding hydrogens is 780 g/mol. The van der Waals surface area contributed by atoms with E-state index in [0.29, 0.717) is 31.2 Å². The number of unbranched alkanes of at least 4 members (excludes halogenated alkanes) is 1. The smallest absolute Gasteiger partial charge is 0.464 e. The fourth-order valence-corrected chi connectivity index (χ4v) is 10.5. The number of hydrogen-bond acceptors (Lipinski definition) is 14. The van der Waals surface area contributed by atoms with Crippen molar-refractivity contribution >= 4 is 47.2 Å². The minimum atomic E-state index is -1.77. The van der Waals surface area contributed by atoms with E-state index in [2.05, 4.69) is 10.2 Å². The maximum absolute atomic E-state index is 14.5. The van der Waals surface area contributed by atoms with E-state index in [1.165, 1.54) is 25.1 Å². The fraction of sp³-hybridized carbons (Fsp3) is 0.610. The van der Waals surface area contributed by atoms with E-state index in [0.717, 1.165) is 5.57 Å². The van der Waals surface area contributed by atoms with Crippen molar-refractivity contribution in [3.05, 3.63) is 63.7 Å². The van der Waals surface area contributed by atoms with Crippen LogP contribution >= 0.6 is 11.6 Å². The zero-order valence-corrected chi connectivity index (χ0v) is 34.0. The van der Waals surface area contributed by atoms with Gasteiger partial charge < -0.3 is 34.2 Å². The van der Waals surface area contributed by atoms with E-state index in [1.807, 2.05) is 20.8 Å². The molecule has 1 unspecified atom stereocenters. The molecule has 9 atom stereocenters. The van der Waals surface area contributed by atoms with Crippen LogP contribution in [0.4, 0.5) is 4.79 Å². The number of halogens is 1. The second kappa shape index (κ2) is 17.6. The fourth-order valence-electron chi connectivity index (χ4n) is 9.99. The number of aliphatic hydroxyl groups excluding tert-OH is 1.